The Morgan fingerprint density at radius 3 is 2.47 bits per heavy atom. The van der Waals surface area contributed by atoms with Crippen LogP contribution in [-0.2, 0) is 0 Å². The van der Waals surface area contributed by atoms with Gasteiger partial charge < -0.3 is 5.32 Å². The van der Waals surface area contributed by atoms with Crippen molar-refractivity contribution in [2.45, 2.75) is 6.92 Å². The van der Waals surface area contributed by atoms with Crippen molar-refractivity contribution in [1.29, 1.82) is 0 Å². The molecule has 0 radical (unpaired) electrons. The quantitative estimate of drug-likeness (QED) is 0.889. The molecule has 1 amide bonds. The molecule has 2 aromatic carbocycles. The molecule has 0 unspecified atom stereocenters. The summed E-state index contributed by atoms with van der Waals surface area (Å²) < 4.78 is 0.944. The SMILES string of the molecule is Cc1ccc(C(=O)Nc2cccc(Br)c2)cc1. The van der Waals surface area contributed by atoms with Crippen molar-refractivity contribution >= 4 is 27.5 Å². The Kier molecular flexibility index (Phi) is 3.59. The van der Waals surface area contributed by atoms with E-state index < -0.39 is 0 Å². The maximum absolute atomic E-state index is 11.9. The van der Waals surface area contributed by atoms with Gasteiger partial charge in [-0.05, 0) is 37.3 Å². The molecule has 0 heterocycles. The smallest absolute Gasteiger partial charge is 0.255 e. The number of halogens is 1. The highest BCUT2D eigenvalue weighted by Gasteiger charge is 2.05. The predicted octanol–water partition coefficient (Wildman–Crippen LogP) is 4.01. The molecule has 2 nitrogen and oxygen atoms in total. The minimum atomic E-state index is -0.0944. The number of carbonyl (C=O) groups excluding carboxylic acids is 1. The van der Waals surface area contributed by atoms with E-state index in [2.05, 4.69) is 21.2 Å². The lowest BCUT2D eigenvalue weighted by atomic mass is 10.1. The largest absolute Gasteiger partial charge is 0.322 e. The van der Waals surface area contributed by atoms with Crippen LogP contribution in [0.1, 0.15) is 15.9 Å². The van der Waals surface area contributed by atoms with Gasteiger partial charge in [0.05, 0.1) is 0 Å². The molecule has 0 aliphatic heterocycles. The minimum absolute atomic E-state index is 0.0944. The highest BCUT2D eigenvalue weighted by Crippen LogP contribution is 2.16. The Morgan fingerprint density at radius 1 is 1.12 bits per heavy atom. The van der Waals surface area contributed by atoms with Crippen LogP contribution in [0.15, 0.2) is 53.0 Å². The zero-order valence-corrected chi connectivity index (χ0v) is 11.0. The number of hydrogen-bond donors (Lipinski definition) is 1. The molecule has 17 heavy (non-hydrogen) atoms. The molecule has 0 bridgehead atoms. The molecule has 0 aliphatic carbocycles. The van der Waals surface area contributed by atoms with Crippen molar-refractivity contribution in [2.24, 2.45) is 0 Å². The van der Waals surface area contributed by atoms with E-state index in [1.165, 1.54) is 0 Å². The molecule has 2 rings (SSSR count). The van der Waals surface area contributed by atoms with Gasteiger partial charge in [-0.1, -0.05) is 39.7 Å². The summed E-state index contributed by atoms with van der Waals surface area (Å²) in [5.41, 5.74) is 2.59. The zero-order valence-electron chi connectivity index (χ0n) is 9.41. The van der Waals surface area contributed by atoms with Crippen molar-refractivity contribution in [2.75, 3.05) is 5.32 Å². The summed E-state index contributed by atoms with van der Waals surface area (Å²) in [7, 11) is 0. The standard InChI is InChI=1S/C14H12BrNO/c1-10-5-7-11(8-6-10)14(17)16-13-4-2-3-12(15)9-13/h2-9H,1H3,(H,16,17). The molecule has 0 spiro atoms. The average Bonchev–Trinajstić information content (AvgIpc) is 2.29. The molecule has 0 aromatic heterocycles. The molecule has 0 fully saturated rings. The Morgan fingerprint density at radius 2 is 1.82 bits per heavy atom. The maximum atomic E-state index is 11.9. The Balaban J connectivity index is 2.14. The van der Waals surface area contributed by atoms with Crippen LogP contribution >= 0.6 is 15.9 Å². The first kappa shape index (κ1) is 11.9. The van der Waals surface area contributed by atoms with Crippen molar-refractivity contribution in [1.82, 2.24) is 0 Å². The lowest BCUT2D eigenvalue weighted by Gasteiger charge is -2.05. The van der Waals surface area contributed by atoms with E-state index in [4.69, 9.17) is 0 Å². The van der Waals surface area contributed by atoms with Crippen molar-refractivity contribution in [3.8, 4) is 0 Å². The summed E-state index contributed by atoms with van der Waals surface area (Å²) in [5.74, 6) is -0.0944. The van der Waals surface area contributed by atoms with E-state index in [0.717, 1.165) is 15.7 Å². The van der Waals surface area contributed by atoms with Gasteiger partial charge in [0.15, 0.2) is 0 Å². The van der Waals surface area contributed by atoms with Crippen LogP contribution in [0.4, 0.5) is 5.69 Å². The number of carbonyl (C=O) groups is 1. The summed E-state index contributed by atoms with van der Waals surface area (Å²) in [6, 6.07) is 15.0. The van der Waals surface area contributed by atoms with E-state index in [9.17, 15) is 4.79 Å². The molecule has 86 valence electrons. The lowest BCUT2D eigenvalue weighted by molar-refractivity contribution is 0.102. The Labute approximate surface area is 109 Å². The molecule has 0 saturated heterocycles. The topological polar surface area (TPSA) is 29.1 Å². The molecule has 2 aromatic rings. The average molecular weight is 290 g/mol. The van der Waals surface area contributed by atoms with Gasteiger partial charge in [0.1, 0.15) is 0 Å². The molecule has 1 N–H and O–H groups in total. The number of rotatable bonds is 2. The lowest BCUT2D eigenvalue weighted by Crippen LogP contribution is -2.11. The van der Waals surface area contributed by atoms with Crippen molar-refractivity contribution < 1.29 is 4.79 Å². The Hall–Kier alpha value is -1.61. The number of aryl methyl sites for hydroxylation is 1. The molecular formula is C14H12BrNO. The summed E-state index contributed by atoms with van der Waals surface area (Å²) in [5, 5.41) is 2.85. The van der Waals surface area contributed by atoms with E-state index >= 15 is 0 Å². The van der Waals surface area contributed by atoms with Gasteiger partial charge in [-0.2, -0.15) is 0 Å². The molecule has 0 atom stereocenters. The first-order valence-electron chi connectivity index (χ1n) is 5.29. The summed E-state index contributed by atoms with van der Waals surface area (Å²) in [6.45, 7) is 2.00. The third-order valence-corrected chi connectivity index (χ3v) is 2.89. The summed E-state index contributed by atoms with van der Waals surface area (Å²) >= 11 is 3.37. The van der Waals surface area contributed by atoms with Crippen LogP contribution in [0.2, 0.25) is 0 Å². The van der Waals surface area contributed by atoms with Crippen LogP contribution < -0.4 is 5.32 Å². The molecule has 3 heteroatoms. The van der Waals surface area contributed by atoms with Gasteiger partial charge >= 0.3 is 0 Å². The second kappa shape index (κ2) is 5.15. The minimum Gasteiger partial charge on any atom is -0.322 e. The van der Waals surface area contributed by atoms with E-state index in [-0.39, 0.29) is 5.91 Å². The molecular weight excluding hydrogens is 278 g/mol. The fourth-order valence-corrected chi connectivity index (χ4v) is 1.87. The van der Waals surface area contributed by atoms with Crippen molar-refractivity contribution in [3.05, 3.63) is 64.1 Å². The summed E-state index contributed by atoms with van der Waals surface area (Å²) in [6.07, 6.45) is 0. The first-order valence-corrected chi connectivity index (χ1v) is 6.08. The second-order valence-electron chi connectivity index (χ2n) is 3.83. The zero-order chi connectivity index (χ0) is 12.3. The number of hydrogen-bond acceptors (Lipinski definition) is 1. The van der Waals surface area contributed by atoms with Crippen LogP contribution in [0.5, 0.6) is 0 Å². The number of benzene rings is 2. The number of amides is 1. The van der Waals surface area contributed by atoms with Crippen molar-refractivity contribution in [3.63, 3.8) is 0 Å². The van der Waals surface area contributed by atoms with Gasteiger partial charge in [0, 0.05) is 15.7 Å². The van der Waals surface area contributed by atoms with Crippen LogP contribution in [0, 0.1) is 6.92 Å². The van der Waals surface area contributed by atoms with Gasteiger partial charge in [-0.15, -0.1) is 0 Å². The monoisotopic (exact) mass is 289 g/mol. The maximum Gasteiger partial charge on any atom is 0.255 e. The van der Waals surface area contributed by atoms with Gasteiger partial charge in [-0.3, -0.25) is 4.79 Å². The van der Waals surface area contributed by atoms with Gasteiger partial charge in [0.2, 0.25) is 0 Å². The fourth-order valence-electron chi connectivity index (χ4n) is 1.47. The molecule has 0 saturated carbocycles. The molecule has 0 aliphatic rings. The van der Waals surface area contributed by atoms with Gasteiger partial charge in [-0.25, -0.2) is 0 Å². The number of nitrogens with one attached hydrogen (secondary N) is 1. The van der Waals surface area contributed by atoms with Gasteiger partial charge in [0.25, 0.3) is 5.91 Å². The highest BCUT2D eigenvalue weighted by atomic mass is 79.9. The third-order valence-electron chi connectivity index (χ3n) is 2.40. The van der Waals surface area contributed by atoms with E-state index in [1.807, 2.05) is 55.5 Å². The van der Waals surface area contributed by atoms with Crippen LogP contribution in [-0.4, -0.2) is 5.91 Å². The highest BCUT2D eigenvalue weighted by molar-refractivity contribution is 9.10. The third kappa shape index (κ3) is 3.17. The normalized spacial score (nSPS) is 10.0. The Bertz CT molecular complexity index is 534. The van der Waals surface area contributed by atoms with Crippen LogP contribution in [0.3, 0.4) is 0 Å². The summed E-state index contributed by atoms with van der Waals surface area (Å²) in [4.78, 5) is 11.9. The first-order chi connectivity index (χ1) is 8.15. The van der Waals surface area contributed by atoms with Crippen LogP contribution in [0.25, 0.3) is 0 Å². The predicted molar refractivity (Wildman–Crippen MR) is 73.3 cm³/mol. The van der Waals surface area contributed by atoms with E-state index in [0.29, 0.717) is 5.56 Å². The van der Waals surface area contributed by atoms with E-state index in [1.54, 1.807) is 0 Å². The fraction of sp³-hybridized carbons (Fsp3) is 0.0714. The second-order valence-corrected chi connectivity index (χ2v) is 4.75. The number of anilines is 1.